The highest BCUT2D eigenvalue weighted by atomic mass is 35.5. The third kappa shape index (κ3) is 4.59. The summed E-state index contributed by atoms with van der Waals surface area (Å²) in [5.41, 5.74) is 0.239. The zero-order chi connectivity index (χ0) is 27.1. The molecule has 204 valence electrons. The van der Waals surface area contributed by atoms with Crippen molar-refractivity contribution in [3.63, 3.8) is 0 Å². The Hall–Kier alpha value is -3.36. The van der Waals surface area contributed by atoms with Gasteiger partial charge in [0.2, 0.25) is 17.7 Å². The van der Waals surface area contributed by atoms with Gasteiger partial charge in [0, 0.05) is 23.3 Å². The summed E-state index contributed by atoms with van der Waals surface area (Å²) in [5.74, 6) is -1.68. The minimum Gasteiger partial charge on any atom is -0.497 e. The number of hydrogen-bond acceptors (Lipinski definition) is 5. The first-order valence-corrected chi connectivity index (χ1v) is 13.9. The normalized spacial score (nSPS) is 29.4. The third-order valence-electron chi connectivity index (χ3n) is 8.50. The number of methoxy groups -OCH3 is 1. The van der Waals surface area contributed by atoms with E-state index < -0.39 is 29.6 Å². The van der Waals surface area contributed by atoms with Crippen LogP contribution in [0, 0.1) is 11.8 Å². The first kappa shape index (κ1) is 25.9. The molecule has 1 aliphatic carbocycles. The summed E-state index contributed by atoms with van der Waals surface area (Å²) in [7, 11) is 1.58. The second-order valence-electron chi connectivity index (χ2n) is 10.9. The van der Waals surface area contributed by atoms with Crippen molar-refractivity contribution in [2.75, 3.05) is 12.4 Å². The molecule has 4 aliphatic rings. The number of likely N-dealkylation sites (tertiary alicyclic amines) is 1. The summed E-state index contributed by atoms with van der Waals surface area (Å²) in [6, 6.07) is 13.4. The molecule has 1 saturated carbocycles. The number of nitrogens with one attached hydrogen (secondary N) is 2. The molecule has 0 unspecified atom stereocenters. The van der Waals surface area contributed by atoms with E-state index in [-0.39, 0.29) is 30.3 Å². The van der Waals surface area contributed by atoms with E-state index in [1.807, 2.05) is 24.3 Å². The molecular weight excluding hydrogens is 518 g/mol. The van der Waals surface area contributed by atoms with Crippen molar-refractivity contribution in [3.8, 4) is 5.75 Å². The zero-order valence-electron chi connectivity index (χ0n) is 21.8. The number of benzene rings is 2. The minimum absolute atomic E-state index is 0.0749. The summed E-state index contributed by atoms with van der Waals surface area (Å²) < 4.78 is 11.6. The van der Waals surface area contributed by atoms with Crippen LogP contribution in [0.2, 0.25) is 5.02 Å². The van der Waals surface area contributed by atoms with Crippen LogP contribution in [-0.4, -0.2) is 53.5 Å². The van der Waals surface area contributed by atoms with Crippen LogP contribution in [0.15, 0.2) is 60.7 Å². The van der Waals surface area contributed by atoms with Crippen LogP contribution in [0.3, 0.4) is 0 Å². The highest BCUT2D eigenvalue weighted by Gasteiger charge is 2.72. The highest BCUT2D eigenvalue weighted by molar-refractivity contribution is 6.30. The number of carbonyl (C=O) groups excluding carboxylic acids is 3. The van der Waals surface area contributed by atoms with Gasteiger partial charge in [0.15, 0.2) is 0 Å². The molecule has 2 saturated heterocycles. The van der Waals surface area contributed by atoms with Crippen LogP contribution in [0.1, 0.15) is 37.7 Å². The third-order valence-corrected chi connectivity index (χ3v) is 8.75. The molecule has 9 heteroatoms. The number of halogens is 1. The standard InChI is InChI=1S/C30H32ClN3O5/c1-38-22-13-11-21(12-14-22)32-27(35)24-23-15-16-30(39-23)25(24)29(37)34(17-18-7-9-19(31)10-8-18)26(30)28(36)33-20-5-3-2-4-6-20/h7-16,20,23-26H,2-6,17H2,1H3,(H,32,35)(H,33,36)/t23-,24-,25-,26-,30-/m0/s1. The molecule has 2 aromatic carbocycles. The van der Waals surface area contributed by atoms with Crippen LogP contribution in [0.5, 0.6) is 5.75 Å². The summed E-state index contributed by atoms with van der Waals surface area (Å²) >= 11 is 6.08. The smallest absolute Gasteiger partial charge is 0.246 e. The molecule has 3 fully saturated rings. The average molecular weight is 550 g/mol. The Morgan fingerprint density at radius 2 is 1.77 bits per heavy atom. The fourth-order valence-electron chi connectivity index (χ4n) is 6.65. The molecular formula is C30H32ClN3O5. The molecule has 5 atom stereocenters. The highest BCUT2D eigenvalue weighted by Crippen LogP contribution is 2.55. The van der Waals surface area contributed by atoms with E-state index in [2.05, 4.69) is 10.6 Å². The van der Waals surface area contributed by atoms with Crippen LogP contribution in [0.25, 0.3) is 0 Å². The fraction of sp³-hybridized carbons (Fsp3) is 0.433. The number of nitrogens with zero attached hydrogens (tertiary/aromatic N) is 1. The summed E-state index contributed by atoms with van der Waals surface area (Å²) in [6.07, 6.45) is 8.24. The Morgan fingerprint density at radius 1 is 1.05 bits per heavy atom. The van der Waals surface area contributed by atoms with E-state index in [9.17, 15) is 14.4 Å². The van der Waals surface area contributed by atoms with Crippen molar-refractivity contribution in [1.82, 2.24) is 10.2 Å². The lowest BCUT2D eigenvalue weighted by Crippen LogP contribution is -2.56. The number of carbonyl (C=O) groups is 3. The number of ether oxygens (including phenoxy) is 2. The first-order valence-electron chi connectivity index (χ1n) is 13.6. The molecule has 3 heterocycles. The number of rotatable bonds is 7. The van der Waals surface area contributed by atoms with Gasteiger partial charge in [-0.3, -0.25) is 14.4 Å². The van der Waals surface area contributed by atoms with Crippen molar-refractivity contribution in [2.45, 2.75) is 62.4 Å². The van der Waals surface area contributed by atoms with Crippen LogP contribution < -0.4 is 15.4 Å². The Kier molecular flexibility index (Phi) is 6.85. The van der Waals surface area contributed by atoms with E-state index in [0.717, 1.165) is 31.2 Å². The minimum atomic E-state index is -1.20. The largest absolute Gasteiger partial charge is 0.497 e. The summed E-state index contributed by atoms with van der Waals surface area (Å²) in [6.45, 7) is 0.214. The quantitative estimate of drug-likeness (QED) is 0.507. The fourth-order valence-corrected chi connectivity index (χ4v) is 6.78. The van der Waals surface area contributed by atoms with Gasteiger partial charge in [-0.05, 0) is 54.8 Å². The van der Waals surface area contributed by atoms with Gasteiger partial charge >= 0.3 is 0 Å². The molecule has 2 aromatic rings. The number of hydrogen-bond donors (Lipinski definition) is 2. The Labute approximate surface area is 232 Å². The molecule has 0 aromatic heterocycles. The maximum atomic E-state index is 14.1. The van der Waals surface area contributed by atoms with Crippen LogP contribution >= 0.6 is 11.6 Å². The molecule has 6 rings (SSSR count). The van der Waals surface area contributed by atoms with Gasteiger partial charge in [0.25, 0.3) is 0 Å². The lowest BCUT2D eigenvalue weighted by atomic mass is 9.74. The predicted molar refractivity (Wildman–Crippen MR) is 146 cm³/mol. The van der Waals surface area contributed by atoms with Gasteiger partial charge in [-0.15, -0.1) is 0 Å². The topological polar surface area (TPSA) is 97.0 Å². The SMILES string of the molecule is COc1ccc(NC(=O)[C@H]2[C@@H]3C=C[C@]4(O3)[C@@H]2C(=O)N(Cc2ccc(Cl)cc2)[C@H]4C(=O)NC2CCCCC2)cc1. The van der Waals surface area contributed by atoms with Crippen LogP contribution in [-0.2, 0) is 25.7 Å². The Morgan fingerprint density at radius 3 is 2.46 bits per heavy atom. The molecule has 39 heavy (non-hydrogen) atoms. The Balaban J connectivity index is 1.30. The van der Waals surface area contributed by atoms with Gasteiger partial charge in [0.05, 0.1) is 25.0 Å². The lowest BCUT2D eigenvalue weighted by Gasteiger charge is -2.34. The van der Waals surface area contributed by atoms with Crippen molar-refractivity contribution in [2.24, 2.45) is 11.8 Å². The Bertz CT molecular complexity index is 1290. The van der Waals surface area contributed by atoms with E-state index >= 15 is 0 Å². The van der Waals surface area contributed by atoms with Crippen molar-refractivity contribution < 1.29 is 23.9 Å². The van der Waals surface area contributed by atoms with Gasteiger partial charge < -0.3 is 25.0 Å². The molecule has 3 aliphatic heterocycles. The maximum absolute atomic E-state index is 14.1. The molecule has 1 spiro atoms. The second kappa shape index (κ2) is 10.3. The second-order valence-corrected chi connectivity index (χ2v) is 11.3. The predicted octanol–water partition coefficient (Wildman–Crippen LogP) is 4.09. The van der Waals surface area contributed by atoms with Gasteiger partial charge in [-0.2, -0.15) is 0 Å². The molecule has 8 nitrogen and oxygen atoms in total. The van der Waals surface area contributed by atoms with Gasteiger partial charge in [-0.1, -0.05) is 55.1 Å². The molecule has 2 N–H and O–H groups in total. The number of amides is 3. The molecule has 2 bridgehead atoms. The van der Waals surface area contributed by atoms with E-state index in [0.29, 0.717) is 16.5 Å². The number of anilines is 1. The monoisotopic (exact) mass is 549 g/mol. The maximum Gasteiger partial charge on any atom is 0.246 e. The van der Waals surface area contributed by atoms with Gasteiger partial charge in [-0.25, -0.2) is 0 Å². The summed E-state index contributed by atoms with van der Waals surface area (Å²) in [4.78, 5) is 43.2. The molecule has 3 amide bonds. The average Bonchev–Trinajstić information content (AvgIpc) is 3.58. The van der Waals surface area contributed by atoms with Crippen molar-refractivity contribution >= 4 is 35.0 Å². The first-order chi connectivity index (χ1) is 18.9. The van der Waals surface area contributed by atoms with E-state index in [1.54, 1.807) is 48.4 Å². The van der Waals surface area contributed by atoms with E-state index in [4.69, 9.17) is 21.1 Å². The lowest BCUT2D eigenvalue weighted by molar-refractivity contribution is -0.142. The van der Waals surface area contributed by atoms with Gasteiger partial charge in [0.1, 0.15) is 17.4 Å². The summed E-state index contributed by atoms with van der Waals surface area (Å²) in [5, 5.41) is 6.74. The van der Waals surface area contributed by atoms with E-state index in [1.165, 1.54) is 6.42 Å². The number of fused-ring (bicyclic) bond motifs is 1. The van der Waals surface area contributed by atoms with Crippen molar-refractivity contribution in [3.05, 3.63) is 71.3 Å². The van der Waals surface area contributed by atoms with Crippen molar-refractivity contribution in [1.29, 1.82) is 0 Å². The molecule has 0 radical (unpaired) electrons. The zero-order valence-corrected chi connectivity index (χ0v) is 22.5. The van der Waals surface area contributed by atoms with Crippen LogP contribution in [0.4, 0.5) is 5.69 Å².